The first-order valence-corrected chi connectivity index (χ1v) is 6.80. The van der Waals surface area contributed by atoms with Crippen LogP contribution in [0.25, 0.3) is 0 Å². The van der Waals surface area contributed by atoms with Crippen molar-refractivity contribution in [3.8, 4) is 11.8 Å². The minimum Gasteiger partial charge on any atom is -0.382 e. The van der Waals surface area contributed by atoms with E-state index in [1.165, 1.54) is 0 Å². The predicted molar refractivity (Wildman–Crippen MR) is 75.0 cm³/mol. The van der Waals surface area contributed by atoms with Crippen molar-refractivity contribution in [3.05, 3.63) is 0 Å². The molecule has 0 amide bonds. The average molecular weight is 239 g/mol. The Hall–Kier alpha value is -0.520. The maximum absolute atomic E-state index is 5.36. The van der Waals surface area contributed by atoms with E-state index < -0.39 is 0 Å². The molecule has 0 aromatic rings. The molecule has 2 heteroatoms. The second-order valence-corrected chi connectivity index (χ2v) is 5.35. The van der Waals surface area contributed by atoms with Crippen LogP contribution in [0.4, 0.5) is 0 Å². The Morgan fingerprint density at radius 3 is 2.47 bits per heavy atom. The standard InChI is InChI=1S/C15H29NO/c1-6-16-14(11-9-13-17-7-2)10-8-12-15(3,4)5/h14,16H,6-7,9-11,13H2,1-5H3. The highest BCUT2D eigenvalue weighted by Crippen LogP contribution is 2.10. The zero-order valence-electron chi connectivity index (χ0n) is 12.2. The van der Waals surface area contributed by atoms with E-state index in [2.05, 4.69) is 44.9 Å². The molecule has 0 saturated heterocycles. The minimum absolute atomic E-state index is 0.113. The van der Waals surface area contributed by atoms with Gasteiger partial charge in [0.05, 0.1) is 0 Å². The summed E-state index contributed by atoms with van der Waals surface area (Å²) in [7, 11) is 0. The second-order valence-electron chi connectivity index (χ2n) is 5.35. The van der Waals surface area contributed by atoms with Crippen LogP contribution in [0.5, 0.6) is 0 Å². The van der Waals surface area contributed by atoms with Gasteiger partial charge in [0.15, 0.2) is 0 Å². The molecule has 0 aromatic carbocycles. The zero-order valence-corrected chi connectivity index (χ0v) is 12.2. The lowest BCUT2D eigenvalue weighted by Gasteiger charge is -2.15. The summed E-state index contributed by atoms with van der Waals surface area (Å²) < 4.78 is 5.36. The van der Waals surface area contributed by atoms with Crippen molar-refractivity contribution in [2.45, 2.75) is 59.9 Å². The molecule has 100 valence electrons. The van der Waals surface area contributed by atoms with Gasteiger partial charge in [0.25, 0.3) is 0 Å². The molecule has 0 heterocycles. The zero-order chi connectivity index (χ0) is 13.1. The third kappa shape index (κ3) is 11.7. The van der Waals surface area contributed by atoms with Crippen LogP contribution in [0.1, 0.15) is 53.9 Å². The minimum atomic E-state index is 0.113. The molecule has 0 aliphatic rings. The highest BCUT2D eigenvalue weighted by atomic mass is 16.5. The molecule has 1 N–H and O–H groups in total. The SMILES string of the molecule is CCNC(CC#CC(C)(C)C)CCCOCC. The first-order valence-electron chi connectivity index (χ1n) is 6.80. The van der Waals surface area contributed by atoms with Gasteiger partial charge in [-0.05, 0) is 47.1 Å². The molecule has 0 radical (unpaired) electrons. The third-order valence-electron chi connectivity index (χ3n) is 2.35. The van der Waals surface area contributed by atoms with Gasteiger partial charge in [0, 0.05) is 31.1 Å². The summed E-state index contributed by atoms with van der Waals surface area (Å²) in [5.41, 5.74) is 0.113. The normalized spacial score (nSPS) is 13.0. The summed E-state index contributed by atoms with van der Waals surface area (Å²) >= 11 is 0. The highest BCUT2D eigenvalue weighted by molar-refractivity contribution is 5.08. The molecule has 2 nitrogen and oxygen atoms in total. The van der Waals surface area contributed by atoms with Crippen LogP contribution in [0.2, 0.25) is 0 Å². The largest absolute Gasteiger partial charge is 0.382 e. The fourth-order valence-corrected chi connectivity index (χ4v) is 1.58. The Labute approximate surface area is 108 Å². The van der Waals surface area contributed by atoms with E-state index in [1.54, 1.807) is 0 Å². The lowest BCUT2D eigenvalue weighted by molar-refractivity contribution is 0.141. The molecule has 1 atom stereocenters. The van der Waals surface area contributed by atoms with E-state index in [-0.39, 0.29) is 5.41 Å². The van der Waals surface area contributed by atoms with Crippen molar-refractivity contribution in [1.29, 1.82) is 0 Å². The molecule has 1 unspecified atom stereocenters. The summed E-state index contributed by atoms with van der Waals surface area (Å²) in [5.74, 6) is 6.59. The summed E-state index contributed by atoms with van der Waals surface area (Å²) in [6, 6.07) is 0.510. The quantitative estimate of drug-likeness (QED) is 0.519. The molecule has 0 saturated carbocycles. The molecule has 0 rings (SSSR count). The van der Waals surface area contributed by atoms with Crippen molar-refractivity contribution < 1.29 is 4.74 Å². The van der Waals surface area contributed by atoms with Gasteiger partial charge < -0.3 is 10.1 Å². The Kier molecular flexibility index (Phi) is 9.21. The maximum atomic E-state index is 5.36. The Balaban J connectivity index is 3.92. The van der Waals surface area contributed by atoms with Gasteiger partial charge in [0.1, 0.15) is 0 Å². The molecule has 0 spiro atoms. The third-order valence-corrected chi connectivity index (χ3v) is 2.35. The lowest BCUT2D eigenvalue weighted by Crippen LogP contribution is -2.28. The van der Waals surface area contributed by atoms with Crippen molar-refractivity contribution in [3.63, 3.8) is 0 Å². The smallest absolute Gasteiger partial charge is 0.0466 e. The van der Waals surface area contributed by atoms with Gasteiger partial charge in [-0.1, -0.05) is 12.8 Å². The van der Waals surface area contributed by atoms with Crippen LogP contribution in [0.3, 0.4) is 0 Å². The summed E-state index contributed by atoms with van der Waals surface area (Å²) in [5, 5.41) is 3.49. The van der Waals surface area contributed by atoms with Crippen LogP contribution >= 0.6 is 0 Å². The molecule has 0 aromatic heterocycles. The van der Waals surface area contributed by atoms with Crippen molar-refractivity contribution in [2.24, 2.45) is 5.41 Å². The monoisotopic (exact) mass is 239 g/mol. The van der Waals surface area contributed by atoms with Crippen molar-refractivity contribution in [1.82, 2.24) is 5.32 Å². The molecule has 0 fully saturated rings. The van der Waals surface area contributed by atoms with E-state index >= 15 is 0 Å². The molecular weight excluding hydrogens is 210 g/mol. The first-order chi connectivity index (χ1) is 7.99. The van der Waals surface area contributed by atoms with Gasteiger partial charge in [-0.2, -0.15) is 0 Å². The average Bonchev–Trinajstić information content (AvgIpc) is 2.22. The number of ether oxygens (including phenoxy) is 1. The Morgan fingerprint density at radius 2 is 1.94 bits per heavy atom. The summed E-state index contributed by atoms with van der Waals surface area (Å²) in [4.78, 5) is 0. The van der Waals surface area contributed by atoms with E-state index in [1.807, 2.05) is 6.92 Å². The van der Waals surface area contributed by atoms with Crippen LogP contribution < -0.4 is 5.32 Å². The number of nitrogens with one attached hydrogen (secondary N) is 1. The van der Waals surface area contributed by atoms with Crippen LogP contribution in [-0.4, -0.2) is 25.8 Å². The number of hydrogen-bond acceptors (Lipinski definition) is 2. The van der Waals surface area contributed by atoms with Crippen LogP contribution in [0, 0.1) is 17.3 Å². The maximum Gasteiger partial charge on any atom is 0.0466 e. The van der Waals surface area contributed by atoms with Gasteiger partial charge in [-0.3, -0.25) is 0 Å². The fraction of sp³-hybridized carbons (Fsp3) is 0.867. The Bertz CT molecular complexity index is 232. The number of hydrogen-bond donors (Lipinski definition) is 1. The van der Waals surface area contributed by atoms with E-state index in [9.17, 15) is 0 Å². The van der Waals surface area contributed by atoms with Crippen LogP contribution in [-0.2, 0) is 4.74 Å². The molecule has 0 bridgehead atoms. The van der Waals surface area contributed by atoms with E-state index in [0.717, 1.165) is 39.0 Å². The van der Waals surface area contributed by atoms with Crippen LogP contribution in [0.15, 0.2) is 0 Å². The number of rotatable bonds is 8. The lowest BCUT2D eigenvalue weighted by atomic mass is 9.97. The molecule has 0 aliphatic carbocycles. The molecule has 0 aliphatic heterocycles. The Morgan fingerprint density at radius 1 is 1.24 bits per heavy atom. The van der Waals surface area contributed by atoms with Crippen molar-refractivity contribution in [2.75, 3.05) is 19.8 Å². The topological polar surface area (TPSA) is 21.3 Å². The van der Waals surface area contributed by atoms with Gasteiger partial charge >= 0.3 is 0 Å². The van der Waals surface area contributed by atoms with Crippen molar-refractivity contribution >= 4 is 0 Å². The fourth-order valence-electron chi connectivity index (χ4n) is 1.58. The van der Waals surface area contributed by atoms with E-state index in [4.69, 9.17) is 4.74 Å². The molecule has 17 heavy (non-hydrogen) atoms. The molecular formula is C15H29NO. The second kappa shape index (κ2) is 9.50. The predicted octanol–water partition coefficient (Wildman–Crippen LogP) is 3.22. The van der Waals surface area contributed by atoms with E-state index in [0.29, 0.717) is 6.04 Å². The first kappa shape index (κ1) is 16.5. The highest BCUT2D eigenvalue weighted by Gasteiger charge is 2.07. The summed E-state index contributed by atoms with van der Waals surface area (Å²) in [6.07, 6.45) is 3.20. The van der Waals surface area contributed by atoms with Gasteiger partial charge in [0.2, 0.25) is 0 Å². The summed E-state index contributed by atoms with van der Waals surface area (Å²) in [6.45, 7) is 13.3. The van der Waals surface area contributed by atoms with Gasteiger partial charge in [-0.15, -0.1) is 5.92 Å². The van der Waals surface area contributed by atoms with Gasteiger partial charge in [-0.25, -0.2) is 0 Å².